The number of piperidine rings is 1. The summed E-state index contributed by atoms with van der Waals surface area (Å²) in [6.07, 6.45) is 5.62. The molecule has 3 amide bonds. The zero-order valence-electron chi connectivity index (χ0n) is 19.6. The minimum Gasteiger partial charge on any atom is -0.444 e. The monoisotopic (exact) mass is 455 g/mol. The molecular weight excluding hydrogens is 422 g/mol. The van der Waals surface area contributed by atoms with Crippen molar-refractivity contribution in [3.63, 3.8) is 0 Å². The molecule has 1 aromatic carbocycles. The summed E-state index contributed by atoms with van der Waals surface area (Å²) >= 11 is 0. The van der Waals surface area contributed by atoms with Crippen LogP contribution in [-0.4, -0.2) is 53.3 Å². The van der Waals surface area contributed by atoms with Crippen molar-refractivity contribution in [2.75, 3.05) is 18.4 Å². The van der Waals surface area contributed by atoms with Crippen molar-refractivity contribution in [3.05, 3.63) is 29.8 Å². The SMILES string of the molecule is CC(C)(C)OC(=O)N1C[C@H]2NC(=O)C(C(=O)Nc3ccc(C4CCCCC4)cc3)C(=O)[C@@H]2C1. The third-order valence-corrected chi connectivity index (χ3v) is 6.73. The first-order valence-electron chi connectivity index (χ1n) is 11.9. The molecule has 2 N–H and O–H groups in total. The highest BCUT2D eigenvalue weighted by Gasteiger charge is 2.51. The standard InChI is InChI=1S/C25H33N3O5/c1-25(2,3)33-24(32)28-13-18-19(14-28)27-23(31)20(21(18)29)22(30)26-17-11-9-16(10-12-17)15-7-5-4-6-8-15/h9-12,15,18-20H,4-8,13-14H2,1-3H3,(H,26,30)(H,27,31)/t18-,19-,20?/m1/s1. The van der Waals surface area contributed by atoms with Crippen molar-refractivity contribution in [1.82, 2.24) is 10.2 Å². The number of carbonyl (C=O) groups excluding carboxylic acids is 4. The summed E-state index contributed by atoms with van der Waals surface area (Å²) in [5, 5.41) is 5.48. The lowest BCUT2D eigenvalue weighted by Gasteiger charge is -2.29. The summed E-state index contributed by atoms with van der Waals surface area (Å²) in [4.78, 5) is 52.4. The largest absolute Gasteiger partial charge is 0.444 e. The van der Waals surface area contributed by atoms with Gasteiger partial charge in [0, 0.05) is 18.8 Å². The molecule has 0 radical (unpaired) electrons. The van der Waals surface area contributed by atoms with Crippen molar-refractivity contribution >= 4 is 29.4 Å². The van der Waals surface area contributed by atoms with E-state index >= 15 is 0 Å². The average Bonchev–Trinajstić information content (AvgIpc) is 3.18. The number of ketones is 1. The Bertz CT molecular complexity index is 930. The van der Waals surface area contributed by atoms with E-state index < -0.39 is 47.2 Å². The molecular formula is C25H33N3O5. The molecule has 0 spiro atoms. The Hall–Kier alpha value is -2.90. The van der Waals surface area contributed by atoms with Gasteiger partial charge in [-0.1, -0.05) is 31.4 Å². The van der Waals surface area contributed by atoms with Crippen LogP contribution in [0.5, 0.6) is 0 Å². The fourth-order valence-electron chi connectivity index (χ4n) is 5.06. The first kappa shape index (κ1) is 23.3. The molecule has 33 heavy (non-hydrogen) atoms. The Labute approximate surface area is 194 Å². The number of nitrogens with one attached hydrogen (secondary N) is 2. The van der Waals surface area contributed by atoms with Gasteiger partial charge in [-0.15, -0.1) is 0 Å². The number of hydrogen-bond acceptors (Lipinski definition) is 5. The predicted octanol–water partition coefficient (Wildman–Crippen LogP) is 3.22. The van der Waals surface area contributed by atoms with Crippen LogP contribution in [0, 0.1) is 11.8 Å². The summed E-state index contributed by atoms with van der Waals surface area (Å²) in [6.45, 7) is 5.61. The van der Waals surface area contributed by atoms with Gasteiger partial charge in [-0.2, -0.15) is 0 Å². The van der Waals surface area contributed by atoms with Crippen molar-refractivity contribution in [3.8, 4) is 0 Å². The van der Waals surface area contributed by atoms with Crippen LogP contribution >= 0.6 is 0 Å². The van der Waals surface area contributed by atoms with Gasteiger partial charge < -0.3 is 20.3 Å². The molecule has 0 bridgehead atoms. The summed E-state index contributed by atoms with van der Waals surface area (Å²) < 4.78 is 5.38. The van der Waals surface area contributed by atoms with Gasteiger partial charge in [0.1, 0.15) is 5.60 Å². The van der Waals surface area contributed by atoms with Crippen molar-refractivity contribution in [2.45, 2.75) is 70.4 Å². The van der Waals surface area contributed by atoms with Crippen LogP contribution in [-0.2, 0) is 19.1 Å². The molecule has 1 aromatic rings. The number of nitrogens with zero attached hydrogens (tertiary/aromatic N) is 1. The van der Waals surface area contributed by atoms with Crippen LogP contribution in [0.15, 0.2) is 24.3 Å². The molecule has 1 saturated carbocycles. The molecule has 8 nitrogen and oxygen atoms in total. The number of fused-ring (bicyclic) bond motifs is 1. The van der Waals surface area contributed by atoms with Gasteiger partial charge in [-0.25, -0.2) is 4.79 Å². The maximum absolute atomic E-state index is 13.1. The van der Waals surface area contributed by atoms with E-state index in [0.29, 0.717) is 11.6 Å². The van der Waals surface area contributed by atoms with E-state index in [1.54, 1.807) is 20.8 Å². The maximum Gasteiger partial charge on any atom is 0.410 e. The Balaban J connectivity index is 1.39. The summed E-state index contributed by atoms with van der Waals surface area (Å²) in [6, 6.07) is 7.18. The van der Waals surface area contributed by atoms with Gasteiger partial charge in [0.2, 0.25) is 11.8 Å². The minimum atomic E-state index is -1.43. The van der Waals surface area contributed by atoms with Crippen molar-refractivity contribution < 1.29 is 23.9 Å². The second-order valence-electron chi connectivity index (χ2n) is 10.4. The summed E-state index contributed by atoms with van der Waals surface area (Å²) in [7, 11) is 0. The Morgan fingerprint density at radius 3 is 2.33 bits per heavy atom. The highest BCUT2D eigenvalue weighted by Crippen LogP contribution is 2.33. The molecule has 1 unspecified atom stereocenters. The lowest BCUT2D eigenvalue weighted by molar-refractivity contribution is -0.145. The van der Waals surface area contributed by atoms with Crippen LogP contribution in [0.3, 0.4) is 0 Å². The molecule has 3 aliphatic rings. The third-order valence-electron chi connectivity index (χ3n) is 6.73. The number of anilines is 1. The van der Waals surface area contributed by atoms with Crippen LogP contribution in [0.1, 0.15) is 64.4 Å². The molecule has 1 aliphatic carbocycles. The third kappa shape index (κ3) is 5.20. The normalized spacial score (nSPS) is 25.9. The summed E-state index contributed by atoms with van der Waals surface area (Å²) in [5.41, 5.74) is 1.16. The highest BCUT2D eigenvalue weighted by atomic mass is 16.6. The first-order valence-corrected chi connectivity index (χ1v) is 11.9. The highest BCUT2D eigenvalue weighted by molar-refractivity contribution is 6.23. The van der Waals surface area contributed by atoms with Gasteiger partial charge in [0.05, 0.1) is 12.0 Å². The second-order valence-corrected chi connectivity index (χ2v) is 10.4. The second kappa shape index (κ2) is 9.15. The van der Waals surface area contributed by atoms with E-state index in [4.69, 9.17) is 4.74 Å². The average molecular weight is 456 g/mol. The minimum absolute atomic E-state index is 0.124. The summed E-state index contributed by atoms with van der Waals surface area (Å²) in [5.74, 6) is -3.21. The number of carbonyl (C=O) groups is 4. The molecule has 3 fully saturated rings. The molecule has 2 saturated heterocycles. The fourth-order valence-corrected chi connectivity index (χ4v) is 5.06. The number of likely N-dealkylation sites (tertiary alicyclic amines) is 1. The predicted molar refractivity (Wildman–Crippen MR) is 123 cm³/mol. The smallest absolute Gasteiger partial charge is 0.410 e. The van der Waals surface area contributed by atoms with Gasteiger partial charge in [-0.05, 0) is 57.2 Å². The van der Waals surface area contributed by atoms with Crippen LogP contribution < -0.4 is 10.6 Å². The van der Waals surface area contributed by atoms with E-state index in [-0.39, 0.29) is 13.1 Å². The number of Topliss-reactive ketones (excluding diaryl/α,β-unsaturated/α-hetero) is 1. The molecule has 4 rings (SSSR count). The number of ether oxygens (including phenoxy) is 1. The van der Waals surface area contributed by atoms with Crippen molar-refractivity contribution in [2.24, 2.45) is 11.8 Å². The van der Waals surface area contributed by atoms with E-state index in [9.17, 15) is 19.2 Å². The van der Waals surface area contributed by atoms with Gasteiger partial charge in [0.25, 0.3) is 0 Å². The molecule has 2 aliphatic heterocycles. The Morgan fingerprint density at radius 2 is 1.70 bits per heavy atom. The number of rotatable bonds is 3. The first-order chi connectivity index (χ1) is 15.6. The number of amides is 3. The maximum atomic E-state index is 13.1. The Kier molecular flexibility index (Phi) is 6.45. The quantitative estimate of drug-likeness (QED) is 0.681. The molecule has 178 valence electrons. The zero-order valence-corrected chi connectivity index (χ0v) is 19.6. The zero-order chi connectivity index (χ0) is 23.8. The molecule has 0 aromatic heterocycles. The fraction of sp³-hybridized carbons (Fsp3) is 0.600. The Morgan fingerprint density at radius 1 is 1.03 bits per heavy atom. The van der Waals surface area contributed by atoms with Crippen LogP contribution in [0.2, 0.25) is 0 Å². The van der Waals surface area contributed by atoms with E-state index in [1.165, 1.54) is 42.6 Å². The molecule has 2 heterocycles. The topological polar surface area (TPSA) is 105 Å². The van der Waals surface area contributed by atoms with Crippen LogP contribution in [0.4, 0.5) is 10.5 Å². The van der Waals surface area contributed by atoms with E-state index in [1.807, 2.05) is 24.3 Å². The van der Waals surface area contributed by atoms with Gasteiger partial charge >= 0.3 is 6.09 Å². The lowest BCUT2D eigenvalue weighted by Crippen LogP contribution is -2.57. The van der Waals surface area contributed by atoms with E-state index in [2.05, 4.69) is 10.6 Å². The lowest BCUT2D eigenvalue weighted by atomic mass is 9.83. The van der Waals surface area contributed by atoms with Crippen LogP contribution in [0.25, 0.3) is 0 Å². The van der Waals surface area contributed by atoms with Crippen molar-refractivity contribution in [1.29, 1.82) is 0 Å². The number of hydrogen-bond donors (Lipinski definition) is 2. The van der Waals surface area contributed by atoms with E-state index in [0.717, 1.165) is 0 Å². The van der Waals surface area contributed by atoms with Gasteiger partial charge in [-0.3, -0.25) is 14.4 Å². The molecule has 3 atom stereocenters. The van der Waals surface area contributed by atoms with Gasteiger partial charge in [0.15, 0.2) is 11.7 Å². The molecule has 8 heteroatoms. The number of benzene rings is 1.